The second kappa shape index (κ2) is 5.43. The van der Waals surface area contributed by atoms with E-state index in [4.69, 9.17) is 5.11 Å². The standard InChI is InChI=1S/C15H19NO3/c1-10-4-3-5-13(10)14(17)16(2)12-8-6-11(7-9-12)15(18)19/h6-10,13H,3-5H2,1-2H3,(H,18,19). The largest absolute Gasteiger partial charge is 0.478 e. The highest BCUT2D eigenvalue weighted by Gasteiger charge is 2.32. The Bertz CT molecular complexity index is 481. The van der Waals surface area contributed by atoms with Crippen LogP contribution in [0.3, 0.4) is 0 Å². The third-order valence-electron chi connectivity index (χ3n) is 4.01. The summed E-state index contributed by atoms with van der Waals surface area (Å²) in [4.78, 5) is 24.8. The molecule has 0 radical (unpaired) electrons. The summed E-state index contributed by atoms with van der Waals surface area (Å²) in [6.45, 7) is 2.12. The molecule has 1 saturated carbocycles. The molecule has 1 amide bonds. The number of carbonyl (C=O) groups excluding carboxylic acids is 1. The van der Waals surface area contributed by atoms with Gasteiger partial charge in [-0.15, -0.1) is 0 Å². The highest BCUT2D eigenvalue weighted by atomic mass is 16.4. The predicted octanol–water partition coefficient (Wildman–Crippen LogP) is 2.78. The van der Waals surface area contributed by atoms with E-state index in [2.05, 4.69) is 6.92 Å². The lowest BCUT2D eigenvalue weighted by atomic mass is 9.96. The van der Waals surface area contributed by atoms with Gasteiger partial charge in [0.05, 0.1) is 5.56 Å². The Hall–Kier alpha value is -1.84. The van der Waals surface area contributed by atoms with Gasteiger partial charge in [0, 0.05) is 18.7 Å². The zero-order chi connectivity index (χ0) is 14.0. The van der Waals surface area contributed by atoms with E-state index in [0.29, 0.717) is 5.92 Å². The third kappa shape index (κ3) is 2.78. The Morgan fingerprint density at radius 2 is 1.84 bits per heavy atom. The van der Waals surface area contributed by atoms with Gasteiger partial charge >= 0.3 is 5.97 Å². The molecule has 0 aliphatic heterocycles. The zero-order valence-electron chi connectivity index (χ0n) is 11.3. The molecule has 1 aromatic carbocycles. The van der Waals surface area contributed by atoms with Crippen LogP contribution < -0.4 is 4.90 Å². The summed E-state index contributed by atoms with van der Waals surface area (Å²) in [5.41, 5.74) is 0.980. The fourth-order valence-corrected chi connectivity index (χ4v) is 2.72. The number of hydrogen-bond donors (Lipinski definition) is 1. The van der Waals surface area contributed by atoms with Gasteiger partial charge in [-0.2, -0.15) is 0 Å². The van der Waals surface area contributed by atoms with Gasteiger partial charge < -0.3 is 10.0 Å². The van der Waals surface area contributed by atoms with E-state index < -0.39 is 5.97 Å². The predicted molar refractivity (Wildman–Crippen MR) is 73.3 cm³/mol. The Kier molecular flexibility index (Phi) is 3.88. The molecule has 0 spiro atoms. The molecule has 1 aliphatic rings. The van der Waals surface area contributed by atoms with Crippen molar-refractivity contribution in [1.82, 2.24) is 0 Å². The van der Waals surface area contributed by atoms with E-state index in [-0.39, 0.29) is 17.4 Å². The molecule has 2 unspecified atom stereocenters. The van der Waals surface area contributed by atoms with Gasteiger partial charge in [0.15, 0.2) is 0 Å². The first-order valence-corrected chi connectivity index (χ1v) is 6.61. The fraction of sp³-hybridized carbons (Fsp3) is 0.467. The topological polar surface area (TPSA) is 57.6 Å². The molecule has 1 N–H and O–H groups in total. The molecule has 19 heavy (non-hydrogen) atoms. The Morgan fingerprint density at radius 3 is 2.32 bits per heavy atom. The van der Waals surface area contributed by atoms with Crippen LogP contribution in [0, 0.1) is 11.8 Å². The van der Waals surface area contributed by atoms with Crippen molar-refractivity contribution in [2.24, 2.45) is 11.8 Å². The van der Waals surface area contributed by atoms with Crippen LogP contribution in [-0.2, 0) is 4.79 Å². The number of rotatable bonds is 3. The summed E-state index contributed by atoms with van der Waals surface area (Å²) in [6.07, 6.45) is 3.18. The SMILES string of the molecule is CC1CCCC1C(=O)N(C)c1ccc(C(=O)O)cc1. The highest BCUT2D eigenvalue weighted by Crippen LogP contribution is 2.33. The summed E-state index contributed by atoms with van der Waals surface area (Å²) >= 11 is 0. The number of anilines is 1. The van der Waals surface area contributed by atoms with Gasteiger partial charge in [-0.05, 0) is 43.0 Å². The molecule has 0 heterocycles. The monoisotopic (exact) mass is 261 g/mol. The van der Waals surface area contributed by atoms with Gasteiger partial charge in [0.2, 0.25) is 5.91 Å². The molecule has 1 aromatic rings. The van der Waals surface area contributed by atoms with Crippen molar-refractivity contribution >= 4 is 17.6 Å². The van der Waals surface area contributed by atoms with Gasteiger partial charge in [-0.25, -0.2) is 4.79 Å². The average molecular weight is 261 g/mol. The van der Waals surface area contributed by atoms with E-state index in [1.54, 1.807) is 24.1 Å². The van der Waals surface area contributed by atoms with E-state index in [0.717, 1.165) is 24.9 Å². The van der Waals surface area contributed by atoms with Crippen LogP contribution >= 0.6 is 0 Å². The summed E-state index contributed by atoms with van der Waals surface area (Å²) in [7, 11) is 1.75. The summed E-state index contributed by atoms with van der Waals surface area (Å²) < 4.78 is 0. The minimum atomic E-state index is -0.954. The molecule has 2 atom stereocenters. The average Bonchev–Trinajstić information content (AvgIpc) is 2.83. The minimum Gasteiger partial charge on any atom is -0.478 e. The number of amides is 1. The van der Waals surface area contributed by atoms with Gasteiger partial charge in [0.25, 0.3) is 0 Å². The zero-order valence-corrected chi connectivity index (χ0v) is 11.3. The van der Waals surface area contributed by atoms with Crippen LogP contribution in [0.25, 0.3) is 0 Å². The van der Waals surface area contributed by atoms with E-state index in [1.807, 2.05) is 0 Å². The van der Waals surface area contributed by atoms with Crippen LogP contribution in [-0.4, -0.2) is 24.0 Å². The molecule has 0 saturated heterocycles. The summed E-state index contributed by atoms with van der Waals surface area (Å²) in [5, 5.41) is 8.85. The van der Waals surface area contributed by atoms with Crippen molar-refractivity contribution in [3.8, 4) is 0 Å². The van der Waals surface area contributed by atoms with Gasteiger partial charge in [-0.3, -0.25) is 4.79 Å². The first kappa shape index (κ1) is 13.6. The van der Waals surface area contributed by atoms with Crippen LogP contribution in [0.2, 0.25) is 0 Å². The smallest absolute Gasteiger partial charge is 0.335 e. The quantitative estimate of drug-likeness (QED) is 0.910. The lowest BCUT2D eigenvalue weighted by Crippen LogP contribution is -2.34. The molecular formula is C15H19NO3. The number of carbonyl (C=O) groups is 2. The lowest BCUT2D eigenvalue weighted by molar-refractivity contribution is -0.122. The molecule has 4 nitrogen and oxygen atoms in total. The summed E-state index contributed by atoms with van der Waals surface area (Å²) in [5.74, 6) is -0.282. The first-order chi connectivity index (χ1) is 9.00. The molecular weight excluding hydrogens is 242 g/mol. The van der Waals surface area contributed by atoms with Crippen molar-refractivity contribution in [3.05, 3.63) is 29.8 Å². The lowest BCUT2D eigenvalue weighted by Gasteiger charge is -2.23. The van der Waals surface area contributed by atoms with E-state index in [9.17, 15) is 9.59 Å². The van der Waals surface area contributed by atoms with E-state index in [1.165, 1.54) is 12.1 Å². The van der Waals surface area contributed by atoms with Crippen molar-refractivity contribution in [3.63, 3.8) is 0 Å². The maximum absolute atomic E-state index is 12.4. The molecule has 2 rings (SSSR count). The molecule has 0 aromatic heterocycles. The number of benzene rings is 1. The van der Waals surface area contributed by atoms with Gasteiger partial charge in [-0.1, -0.05) is 13.3 Å². The Labute approximate surface area is 113 Å². The third-order valence-corrected chi connectivity index (χ3v) is 4.01. The summed E-state index contributed by atoms with van der Waals surface area (Å²) in [6, 6.07) is 6.42. The van der Waals surface area contributed by atoms with Crippen molar-refractivity contribution < 1.29 is 14.7 Å². The van der Waals surface area contributed by atoms with Crippen LogP contribution in [0.15, 0.2) is 24.3 Å². The number of nitrogens with zero attached hydrogens (tertiary/aromatic N) is 1. The first-order valence-electron chi connectivity index (χ1n) is 6.61. The second-order valence-corrected chi connectivity index (χ2v) is 5.26. The number of hydrogen-bond acceptors (Lipinski definition) is 2. The molecule has 0 bridgehead atoms. The molecule has 102 valence electrons. The maximum atomic E-state index is 12.4. The van der Waals surface area contributed by atoms with Crippen molar-refractivity contribution in [2.75, 3.05) is 11.9 Å². The van der Waals surface area contributed by atoms with Crippen molar-refractivity contribution in [2.45, 2.75) is 26.2 Å². The van der Waals surface area contributed by atoms with Crippen LogP contribution in [0.4, 0.5) is 5.69 Å². The normalized spacial score (nSPS) is 22.2. The number of carboxylic acids is 1. The minimum absolute atomic E-state index is 0.101. The van der Waals surface area contributed by atoms with Gasteiger partial charge in [0.1, 0.15) is 0 Å². The molecule has 1 fully saturated rings. The maximum Gasteiger partial charge on any atom is 0.335 e. The Morgan fingerprint density at radius 1 is 1.21 bits per heavy atom. The number of carboxylic acid groups (broad SMARTS) is 1. The molecule has 1 aliphatic carbocycles. The highest BCUT2D eigenvalue weighted by molar-refractivity contribution is 5.95. The van der Waals surface area contributed by atoms with Crippen LogP contribution in [0.5, 0.6) is 0 Å². The second-order valence-electron chi connectivity index (χ2n) is 5.26. The van der Waals surface area contributed by atoms with Crippen molar-refractivity contribution in [1.29, 1.82) is 0 Å². The molecule has 4 heteroatoms. The number of aromatic carboxylic acids is 1. The Balaban J connectivity index is 2.12. The van der Waals surface area contributed by atoms with Crippen LogP contribution in [0.1, 0.15) is 36.5 Å². The fourth-order valence-electron chi connectivity index (χ4n) is 2.72. The van der Waals surface area contributed by atoms with E-state index >= 15 is 0 Å².